The Morgan fingerprint density at radius 1 is 1.19 bits per heavy atom. The van der Waals surface area contributed by atoms with Crippen LogP contribution in [0.5, 0.6) is 0 Å². The molecule has 2 atom stereocenters. The van der Waals surface area contributed by atoms with Crippen molar-refractivity contribution in [3.05, 3.63) is 57.8 Å². The van der Waals surface area contributed by atoms with E-state index in [1.165, 1.54) is 11.1 Å². The third kappa shape index (κ3) is 2.28. The Hall–Kier alpha value is -1.65. The lowest BCUT2D eigenvalue weighted by Gasteiger charge is -2.33. The number of nitrogens with two attached hydrogens (primary N) is 1. The number of aliphatic imine (C=N–C) groups is 1. The molecule has 0 bridgehead atoms. The lowest BCUT2D eigenvalue weighted by molar-refractivity contribution is 0.234. The summed E-state index contributed by atoms with van der Waals surface area (Å²) in [6, 6.07) is 13.6. The summed E-state index contributed by atoms with van der Waals surface area (Å²) in [5.41, 5.74) is 9.14. The topological polar surface area (TPSA) is 41.6 Å². The molecule has 2 aromatic rings. The fourth-order valence-corrected chi connectivity index (χ4v) is 4.24. The molecule has 0 spiro atoms. The van der Waals surface area contributed by atoms with Gasteiger partial charge >= 0.3 is 0 Å². The summed E-state index contributed by atoms with van der Waals surface area (Å²) >= 11 is 1.66. The van der Waals surface area contributed by atoms with Crippen molar-refractivity contribution in [1.29, 1.82) is 0 Å². The number of nitrogens with zero attached hydrogens (tertiary/aromatic N) is 2. The molecular formula is C17H19N3S. The number of amidine groups is 1. The molecule has 4 rings (SSSR count). The van der Waals surface area contributed by atoms with E-state index in [2.05, 4.69) is 34.5 Å². The molecule has 0 amide bonds. The second-order valence-electron chi connectivity index (χ2n) is 5.78. The maximum atomic E-state index is 6.20. The maximum Gasteiger partial charge on any atom is 0.136 e. The molecule has 1 aromatic heterocycles. The average Bonchev–Trinajstić information content (AvgIpc) is 3.17. The Bertz CT molecular complexity index is 662. The summed E-state index contributed by atoms with van der Waals surface area (Å²) in [5.74, 6) is 0.694. The standard InChI is InChI=1S/C17H19N3S/c18-17(15-6-3-11-21-15)19-14-8-10-20-9-7-12-4-1-2-5-13(12)16(14)20/h1-6,11,14,16H,7-10H2,(H2,18,19). The van der Waals surface area contributed by atoms with E-state index in [1.807, 2.05) is 12.1 Å². The van der Waals surface area contributed by atoms with E-state index in [0.29, 0.717) is 11.9 Å². The number of fused-ring (bicyclic) bond motifs is 3. The van der Waals surface area contributed by atoms with Gasteiger partial charge in [0.2, 0.25) is 0 Å². The number of hydrogen-bond donors (Lipinski definition) is 1. The van der Waals surface area contributed by atoms with Crippen LogP contribution in [-0.2, 0) is 6.42 Å². The first-order chi connectivity index (χ1) is 10.3. The summed E-state index contributed by atoms with van der Waals surface area (Å²) in [5, 5.41) is 2.05. The Labute approximate surface area is 129 Å². The molecule has 2 aliphatic rings. The van der Waals surface area contributed by atoms with Gasteiger partial charge in [0.1, 0.15) is 5.84 Å². The molecule has 21 heavy (non-hydrogen) atoms. The minimum Gasteiger partial charge on any atom is -0.383 e. The van der Waals surface area contributed by atoms with Gasteiger partial charge in [0.05, 0.1) is 17.0 Å². The van der Waals surface area contributed by atoms with E-state index in [4.69, 9.17) is 10.7 Å². The predicted molar refractivity (Wildman–Crippen MR) is 87.9 cm³/mol. The van der Waals surface area contributed by atoms with Gasteiger partial charge in [0.15, 0.2) is 0 Å². The first-order valence-corrected chi connectivity index (χ1v) is 8.40. The zero-order chi connectivity index (χ0) is 14.2. The second kappa shape index (κ2) is 5.28. The Morgan fingerprint density at radius 3 is 2.95 bits per heavy atom. The smallest absolute Gasteiger partial charge is 0.136 e. The highest BCUT2D eigenvalue weighted by Crippen LogP contribution is 2.39. The van der Waals surface area contributed by atoms with Gasteiger partial charge in [-0.2, -0.15) is 0 Å². The summed E-state index contributed by atoms with van der Waals surface area (Å²) in [6.07, 6.45) is 2.26. The number of thiophene rings is 1. The molecule has 2 unspecified atom stereocenters. The highest BCUT2D eigenvalue weighted by Gasteiger charge is 2.38. The summed E-state index contributed by atoms with van der Waals surface area (Å²) in [7, 11) is 0. The minimum absolute atomic E-state index is 0.286. The van der Waals surface area contributed by atoms with Crippen LogP contribution >= 0.6 is 11.3 Å². The van der Waals surface area contributed by atoms with Crippen LogP contribution in [0.4, 0.5) is 0 Å². The van der Waals surface area contributed by atoms with Crippen LogP contribution in [0.3, 0.4) is 0 Å². The fourth-order valence-electron chi connectivity index (χ4n) is 3.61. The molecule has 4 heteroatoms. The first kappa shape index (κ1) is 13.0. The molecule has 1 saturated heterocycles. The van der Waals surface area contributed by atoms with Crippen molar-refractivity contribution in [2.24, 2.45) is 10.7 Å². The molecule has 0 saturated carbocycles. The number of hydrogen-bond acceptors (Lipinski definition) is 3. The molecule has 0 radical (unpaired) electrons. The molecule has 3 nitrogen and oxygen atoms in total. The SMILES string of the molecule is NC(=NC1CCN2CCc3ccccc3C12)c1cccs1. The van der Waals surface area contributed by atoms with Crippen LogP contribution in [-0.4, -0.2) is 29.9 Å². The van der Waals surface area contributed by atoms with Crippen molar-refractivity contribution in [2.75, 3.05) is 13.1 Å². The van der Waals surface area contributed by atoms with Crippen molar-refractivity contribution >= 4 is 17.2 Å². The molecule has 3 heterocycles. The van der Waals surface area contributed by atoms with Gasteiger partial charge in [-0.15, -0.1) is 11.3 Å². The number of rotatable bonds is 2. The normalized spacial score (nSPS) is 25.6. The van der Waals surface area contributed by atoms with Gasteiger partial charge in [0.25, 0.3) is 0 Å². The maximum absolute atomic E-state index is 6.20. The van der Waals surface area contributed by atoms with Crippen molar-refractivity contribution in [3.8, 4) is 0 Å². The first-order valence-electron chi connectivity index (χ1n) is 7.52. The van der Waals surface area contributed by atoms with Crippen LogP contribution in [0.1, 0.15) is 28.5 Å². The van der Waals surface area contributed by atoms with Gasteiger partial charge in [0, 0.05) is 13.1 Å². The second-order valence-corrected chi connectivity index (χ2v) is 6.72. The van der Waals surface area contributed by atoms with Crippen LogP contribution in [0, 0.1) is 0 Å². The summed E-state index contributed by atoms with van der Waals surface area (Å²) < 4.78 is 0. The number of benzene rings is 1. The molecule has 1 fully saturated rings. The van der Waals surface area contributed by atoms with Crippen LogP contribution in [0.2, 0.25) is 0 Å². The molecule has 2 aliphatic heterocycles. The molecule has 0 aliphatic carbocycles. The van der Waals surface area contributed by atoms with E-state index in [0.717, 1.165) is 30.8 Å². The molecule has 2 N–H and O–H groups in total. The molecule has 1 aromatic carbocycles. The third-order valence-corrected chi connectivity index (χ3v) is 5.48. The highest BCUT2D eigenvalue weighted by molar-refractivity contribution is 7.12. The van der Waals surface area contributed by atoms with Crippen molar-refractivity contribution in [3.63, 3.8) is 0 Å². The Kier molecular flexibility index (Phi) is 3.28. The van der Waals surface area contributed by atoms with Crippen LogP contribution in [0.25, 0.3) is 0 Å². The van der Waals surface area contributed by atoms with E-state index in [9.17, 15) is 0 Å². The summed E-state index contributed by atoms with van der Waals surface area (Å²) in [6.45, 7) is 2.28. The average molecular weight is 297 g/mol. The monoisotopic (exact) mass is 297 g/mol. The minimum atomic E-state index is 0.286. The third-order valence-electron chi connectivity index (χ3n) is 4.59. The van der Waals surface area contributed by atoms with Crippen molar-refractivity contribution in [2.45, 2.75) is 24.9 Å². The zero-order valence-electron chi connectivity index (χ0n) is 11.9. The van der Waals surface area contributed by atoms with Crippen LogP contribution < -0.4 is 5.73 Å². The Morgan fingerprint density at radius 2 is 2.10 bits per heavy atom. The van der Waals surface area contributed by atoms with Crippen molar-refractivity contribution in [1.82, 2.24) is 4.90 Å². The van der Waals surface area contributed by atoms with E-state index >= 15 is 0 Å². The lowest BCUT2D eigenvalue weighted by atomic mass is 9.91. The van der Waals surface area contributed by atoms with Gasteiger partial charge in [-0.25, -0.2) is 0 Å². The Balaban J connectivity index is 1.68. The summed E-state index contributed by atoms with van der Waals surface area (Å²) in [4.78, 5) is 8.51. The molecule has 108 valence electrons. The predicted octanol–water partition coefficient (Wildman–Crippen LogP) is 2.83. The lowest BCUT2D eigenvalue weighted by Crippen LogP contribution is -2.34. The highest BCUT2D eigenvalue weighted by atomic mass is 32.1. The van der Waals surface area contributed by atoms with Gasteiger partial charge < -0.3 is 5.73 Å². The van der Waals surface area contributed by atoms with Gasteiger partial charge in [-0.3, -0.25) is 9.89 Å². The van der Waals surface area contributed by atoms with E-state index < -0.39 is 0 Å². The van der Waals surface area contributed by atoms with Gasteiger partial charge in [-0.1, -0.05) is 30.3 Å². The van der Waals surface area contributed by atoms with E-state index in [-0.39, 0.29) is 6.04 Å². The van der Waals surface area contributed by atoms with Crippen LogP contribution in [0.15, 0.2) is 46.8 Å². The quantitative estimate of drug-likeness (QED) is 0.684. The largest absolute Gasteiger partial charge is 0.383 e. The van der Waals surface area contributed by atoms with E-state index in [1.54, 1.807) is 11.3 Å². The zero-order valence-corrected chi connectivity index (χ0v) is 12.7. The fraction of sp³-hybridized carbons (Fsp3) is 0.353. The van der Waals surface area contributed by atoms with Crippen molar-refractivity contribution < 1.29 is 0 Å². The molecular weight excluding hydrogens is 278 g/mol. The van der Waals surface area contributed by atoms with Gasteiger partial charge in [-0.05, 0) is 35.4 Å².